The summed E-state index contributed by atoms with van der Waals surface area (Å²) in [7, 11) is 1.58. The van der Waals surface area contributed by atoms with E-state index in [2.05, 4.69) is 20.9 Å². The maximum absolute atomic E-state index is 12.3. The Kier molecular flexibility index (Phi) is 4.32. The maximum atomic E-state index is 12.3. The zero-order valence-electron chi connectivity index (χ0n) is 10.8. The molecule has 0 spiro atoms. The second-order valence-corrected chi connectivity index (χ2v) is 5.13. The fraction of sp³-hybridized carbons (Fsp3) is 0.200. The third kappa shape index (κ3) is 3.41. The average Bonchev–Trinajstić information content (AvgIpc) is 2.42. The molecule has 98 valence electrons. The number of nitrogens with zero attached hydrogens (tertiary/aromatic N) is 1. The van der Waals surface area contributed by atoms with Gasteiger partial charge in [0.15, 0.2) is 5.78 Å². The summed E-state index contributed by atoms with van der Waals surface area (Å²) < 4.78 is 5.91. The molecule has 0 aliphatic heterocycles. The van der Waals surface area contributed by atoms with Crippen molar-refractivity contribution in [1.82, 2.24) is 4.98 Å². The molecule has 0 N–H and O–H groups in total. The summed E-state index contributed by atoms with van der Waals surface area (Å²) in [5, 5.41) is 0. The van der Waals surface area contributed by atoms with E-state index in [1.165, 1.54) is 0 Å². The minimum Gasteiger partial charge on any atom is -0.497 e. The molecule has 4 heteroatoms. The second-order valence-electron chi connectivity index (χ2n) is 4.27. The highest BCUT2D eigenvalue weighted by Crippen LogP contribution is 2.23. The molecule has 0 saturated heterocycles. The molecule has 3 nitrogen and oxygen atoms in total. The number of halogens is 1. The highest BCUT2D eigenvalue weighted by Gasteiger charge is 2.12. The monoisotopic (exact) mass is 319 g/mol. The van der Waals surface area contributed by atoms with E-state index in [1.54, 1.807) is 19.4 Å². The van der Waals surface area contributed by atoms with Gasteiger partial charge in [-0.2, -0.15) is 0 Å². The molecule has 0 aliphatic carbocycles. The van der Waals surface area contributed by atoms with Crippen molar-refractivity contribution in [2.75, 3.05) is 7.11 Å². The summed E-state index contributed by atoms with van der Waals surface area (Å²) in [5.74, 6) is 0.686. The molecule has 1 heterocycles. The van der Waals surface area contributed by atoms with Crippen LogP contribution in [0.1, 0.15) is 21.6 Å². The number of pyridine rings is 1. The average molecular weight is 320 g/mol. The van der Waals surface area contributed by atoms with Gasteiger partial charge in [-0.1, -0.05) is 22.0 Å². The van der Waals surface area contributed by atoms with Crippen molar-refractivity contribution in [2.45, 2.75) is 13.3 Å². The molecule has 0 fully saturated rings. The lowest BCUT2D eigenvalue weighted by molar-refractivity contribution is 0.0991. The van der Waals surface area contributed by atoms with Crippen molar-refractivity contribution in [1.29, 1.82) is 0 Å². The smallest absolute Gasteiger partial charge is 0.170 e. The van der Waals surface area contributed by atoms with Gasteiger partial charge in [-0.05, 0) is 36.8 Å². The summed E-state index contributed by atoms with van der Waals surface area (Å²) in [4.78, 5) is 16.5. The van der Waals surface area contributed by atoms with Crippen LogP contribution in [-0.4, -0.2) is 17.9 Å². The predicted molar refractivity (Wildman–Crippen MR) is 77.7 cm³/mol. The van der Waals surface area contributed by atoms with Crippen LogP contribution in [0.15, 0.2) is 41.0 Å². The first kappa shape index (κ1) is 13.7. The first-order valence-corrected chi connectivity index (χ1v) is 6.67. The van der Waals surface area contributed by atoms with Crippen LogP contribution in [0.2, 0.25) is 0 Å². The van der Waals surface area contributed by atoms with Crippen LogP contribution in [0.25, 0.3) is 0 Å². The molecule has 0 bridgehead atoms. The Morgan fingerprint density at radius 3 is 2.74 bits per heavy atom. The van der Waals surface area contributed by atoms with Gasteiger partial charge in [0.1, 0.15) is 5.75 Å². The Balaban J connectivity index is 2.22. The van der Waals surface area contributed by atoms with Crippen LogP contribution in [-0.2, 0) is 6.42 Å². The van der Waals surface area contributed by atoms with Gasteiger partial charge in [-0.15, -0.1) is 0 Å². The van der Waals surface area contributed by atoms with E-state index < -0.39 is 0 Å². The van der Waals surface area contributed by atoms with Crippen LogP contribution in [0.3, 0.4) is 0 Å². The van der Waals surface area contributed by atoms with Gasteiger partial charge in [0, 0.05) is 21.9 Å². The third-order valence-electron chi connectivity index (χ3n) is 2.79. The minimum absolute atomic E-state index is 0.0159. The van der Waals surface area contributed by atoms with E-state index in [0.29, 0.717) is 11.3 Å². The summed E-state index contributed by atoms with van der Waals surface area (Å²) >= 11 is 3.39. The van der Waals surface area contributed by atoms with E-state index >= 15 is 0 Å². The molecular formula is C15H14BrNO2. The Bertz CT molecular complexity index is 594. The van der Waals surface area contributed by atoms with Crippen LogP contribution in [0, 0.1) is 6.92 Å². The van der Waals surface area contributed by atoms with E-state index in [-0.39, 0.29) is 12.2 Å². The molecule has 2 aromatic rings. The number of aromatic nitrogens is 1. The van der Waals surface area contributed by atoms with Crippen molar-refractivity contribution in [3.05, 3.63) is 57.8 Å². The molecule has 1 aromatic heterocycles. The van der Waals surface area contributed by atoms with Crippen molar-refractivity contribution >= 4 is 21.7 Å². The molecule has 19 heavy (non-hydrogen) atoms. The number of hydrogen-bond acceptors (Lipinski definition) is 3. The van der Waals surface area contributed by atoms with E-state index in [4.69, 9.17) is 4.74 Å². The van der Waals surface area contributed by atoms with Crippen molar-refractivity contribution < 1.29 is 9.53 Å². The highest BCUT2D eigenvalue weighted by atomic mass is 79.9. The van der Waals surface area contributed by atoms with Gasteiger partial charge in [-0.25, -0.2) is 0 Å². The Labute approximate surface area is 120 Å². The molecule has 0 amide bonds. The summed E-state index contributed by atoms with van der Waals surface area (Å²) in [6, 6.07) is 9.19. The quantitative estimate of drug-likeness (QED) is 0.808. The third-order valence-corrected chi connectivity index (χ3v) is 3.48. The largest absolute Gasteiger partial charge is 0.497 e. The number of aryl methyl sites for hydroxylation is 1. The van der Waals surface area contributed by atoms with Gasteiger partial charge in [0.2, 0.25) is 0 Å². The predicted octanol–water partition coefficient (Wildman–Crippen LogP) is 3.59. The van der Waals surface area contributed by atoms with Crippen molar-refractivity contribution in [2.24, 2.45) is 0 Å². The van der Waals surface area contributed by atoms with Gasteiger partial charge in [-0.3, -0.25) is 9.78 Å². The first-order valence-electron chi connectivity index (χ1n) is 5.88. The highest BCUT2D eigenvalue weighted by molar-refractivity contribution is 9.10. The number of carbonyl (C=O) groups is 1. The molecule has 0 aliphatic rings. The fourth-order valence-corrected chi connectivity index (χ4v) is 2.18. The SMILES string of the molecule is COc1ccc(Br)c(C(=O)Cc2ccc(C)cn2)c1. The number of Topliss-reactive ketones (excluding diaryl/α,β-unsaturated/α-hetero) is 1. The lowest BCUT2D eigenvalue weighted by atomic mass is 10.1. The molecule has 0 radical (unpaired) electrons. The van der Waals surface area contributed by atoms with Gasteiger partial charge in [0.05, 0.1) is 13.5 Å². The standard InChI is InChI=1S/C15H14BrNO2/c1-10-3-4-11(17-9-10)7-15(18)13-8-12(19-2)5-6-14(13)16/h3-6,8-9H,7H2,1-2H3. The van der Waals surface area contributed by atoms with Crippen LogP contribution in [0.4, 0.5) is 0 Å². The number of hydrogen-bond donors (Lipinski definition) is 0. The number of benzene rings is 1. The number of ketones is 1. The van der Waals surface area contributed by atoms with E-state index in [1.807, 2.05) is 31.2 Å². The number of rotatable bonds is 4. The van der Waals surface area contributed by atoms with Crippen LogP contribution >= 0.6 is 15.9 Å². The van der Waals surface area contributed by atoms with Crippen LogP contribution < -0.4 is 4.74 Å². The van der Waals surface area contributed by atoms with Crippen molar-refractivity contribution in [3.63, 3.8) is 0 Å². The Morgan fingerprint density at radius 1 is 1.32 bits per heavy atom. The number of methoxy groups -OCH3 is 1. The normalized spacial score (nSPS) is 10.3. The lowest BCUT2D eigenvalue weighted by Crippen LogP contribution is -2.06. The number of carbonyl (C=O) groups excluding carboxylic acids is 1. The lowest BCUT2D eigenvalue weighted by Gasteiger charge is -2.06. The minimum atomic E-state index is 0.0159. The van der Waals surface area contributed by atoms with E-state index in [9.17, 15) is 4.79 Å². The summed E-state index contributed by atoms with van der Waals surface area (Å²) in [5.41, 5.74) is 2.46. The summed E-state index contributed by atoms with van der Waals surface area (Å²) in [6.45, 7) is 1.97. The molecule has 2 rings (SSSR count). The zero-order chi connectivity index (χ0) is 13.8. The number of ether oxygens (including phenoxy) is 1. The van der Waals surface area contributed by atoms with Crippen molar-refractivity contribution in [3.8, 4) is 5.75 Å². The zero-order valence-corrected chi connectivity index (χ0v) is 12.4. The molecular weight excluding hydrogens is 306 g/mol. The fourth-order valence-electron chi connectivity index (χ4n) is 1.71. The van der Waals surface area contributed by atoms with Gasteiger partial charge in [0.25, 0.3) is 0 Å². The maximum Gasteiger partial charge on any atom is 0.170 e. The second kappa shape index (κ2) is 5.97. The van der Waals surface area contributed by atoms with Gasteiger partial charge >= 0.3 is 0 Å². The molecule has 1 aromatic carbocycles. The van der Waals surface area contributed by atoms with E-state index in [0.717, 1.165) is 15.7 Å². The Morgan fingerprint density at radius 2 is 2.11 bits per heavy atom. The molecule has 0 atom stereocenters. The summed E-state index contributed by atoms with van der Waals surface area (Å²) in [6.07, 6.45) is 2.05. The van der Waals surface area contributed by atoms with Crippen LogP contribution in [0.5, 0.6) is 5.75 Å². The molecule has 0 unspecified atom stereocenters. The first-order chi connectivity index (χ1) is 9.10. The molecule has 0 saturated carbocycles. The van der Waals surface area contributed by atoms with Gasteiger partial charge < -0.3 is 4.74 Å². The topological polar surface area (TPSA) is 39.2 Å². The Hall–Kier alpha value is -1.68.